The molecule has 1 aromatic carbocycles. The topological polar surface area (TPSA) is 24.9 Å². The molecular weight excluding hydrogens is 285 g/mol. The minimum atomic E-state index is -4.33. The van der Waals surface area contributed by atoms with Gasteiger partial charge in [0.15, 0.2) is 0 Å². The first-order valence-corrected chi connectivity index (χ1v) is 6.99. The third-order valence-corrected chi connectivity index (χ3v) is 4.11. The maximum atomic E-state index is 12.9. The first-order chi connectivity index (χ1) is 9.31. The number of thiazole rings is 1. The highest BCUT2D eigenvalue weighted by atomic mass is 32.1. The Kier molecular flexibility index (Phi) is 4.15. The molecule has 0 fully saturated rings. The van der Waals surface area contributed by atoms with Gasteiger partial charge in [0.05, 0.1) is 11.1 Å². The van der Waals surface area contributed by atoms with Gasteiger partial charge in [0.25, 0.3) is 0 Å². The molecule has 0 bridgehead atoms. The summed E-state index contributed by atoms with van der Waals surface area (Å²) in [6.45, 7) is 3.95. The predicted molar refractivity (Wildman–Crippen MR) is 73.4 cm³/mol. The Morgan fingerprint density at radius 1 is 1.20 bits per heavy atom. The fourth-order valence-electron chi connectivity index (χ4n) is 1.87. The SMILES string of the molecule is CC(C)(NCc1ccccc1C(F)(F)F)c1nccs1. The van der Waals surface area contributed by atoms with Gasteiger partial charge in [-0.05, 0) is 25.5 Å². The maximum absolute atomic E-state index is 12.9. The Bertz CT molecular complexity index is 562. The van der Waals surface area contributed by atoms with Crippen LogP contribution >= 0.6 is 11.3 Å². The van der Waals surface area contributed by atoms with Gasteiger partial charge in [-0.15, -0.1) is 11.3 Å². The highest BCUT2D eigenvalue weighted by Crippen LogP contribution is 2.32. The Morgan fingerprint density at radius 2 is 1.90 bits per heavy atom. The zero-order valence-electron chi connectivity index (χ0n) is 11.2. The lowest BCUT2D eigenvalue weighted by Crippen LogP contribution is -2.36. The first kappa shape index (κ1) is 15.0. The lowest BCUT2D eigenvalue weighted by Gasteiger charge is -2.25. The Labute approximate surface area is 119 Å². The molecule has 1 heterocycles. The average Bonchev–Trinajstić information content (AvgIpc) is 2.90. The summed E-state index contributed by atoms with van der Waals surface area (Å²) in [4.78, 5) is 4.21. The number of benzene rings is 1. The second kappa shape index (κ2) is 5.54. The standard InChI is InChI=1S/C14H15F3N2S/c1-13(2,12-18-7-8-20-12)19-9-10-5-3-4-6-11(10)14(15,16)17/h3-8,19H,9H2,1-2H3. The van der Waals surface area contributed by atoms with Crippen molar-refractivity contribution in [2.75, 3.05) is 0 Å². The van der Waals surface area contributed by atoms with Crippen LogP contribution in [0.4, 0.5) is 13.2 Å². The smallest absolute Gasteiger partial charge is 0.302 e. The quantitative estimate of drug-likeness (QED) is 0.916. The van der Waals surface area contributed by atoms with Crippen molar-refractivity contribution in [1.82, 2.24) is 10.3 Å². The highest BCUT2D eigenvalue weighted by Gasteiger charge is 2.33. The summed E-state index contributed by atoms with van der Waals surface area (Å²) < 4.78 is 38.7. The van der Waals surface area contributed by atoms with Crippen molar-refractivity contribution in [2.45, 2.75) is 32.1 Å². The van der Waals surface area contributed by atoms with Gasteiger partial charge in [-0.2, -0.15) is 13.2 Å². The molecule has 0 unspecified atom stereocenters. The van der Waals surface area contributed by atoms with Crippen LogP contribution in [0.3, 0.4) is 0 Å². The molecule has 0 aliphatic rings. The molecule has 0 atom stereocenters. The van der Waals surface area contributed by atoms with Crippen LogP contribution in [0.1, 0.15) is 30.0 Å². The Hall–Kier alpha value is -1.40. The zero-order chi connectivity index (χ0) is 14.8. The molecule has 2 rings (SSSR count). The van der Waals surface area contributed by atoms with Gasteiger partial charge >= 0.3 is 6.18 Å². The summed E-state index contributed by atoms with van der Waals surface area (Å²) in [6, 6.07) is 5.61. The third kappa shape index (κ3) is 3.37. The number of alkyl halides is 3. The number of halogens is 3. The van der Waals surface area contributed by atoms with E-state index in [1.54, 1.807) is 12.3 Å². The molecule has 0 saturated heterocycles. The molecule has 2 nitrogen and oxygen atoms in total. The summed E-state index contributed by atoms with van der Waals surface area (Å²) in [5.41, 5.74) is -0.820. The second-order valence-electron chi connectivity index (χ2n) is 4.97. The Morgan fingerprint density at radius 3 is 2.50 bits per heavy atom. The van der Waals surface area contributed by atoms with E-state index in [0.717, 1.165) is 11.1 Å². The molecule has 0 radical (unpaired) electrons. The van der Waals surface area contributed by atoms with E-state index in [1.807, 2.05) is 19.2 Å². The lowest BCUT2D eigenvalue weighted by atomic mass is 10.0. The van der Waals surface area contributed by atoms with E-state index in [9.17, 15) is 13.2 Å². The van der Waals surface area contributed by atoms with Crippen LogP contribution in [0.5, 0.6) is 0 Å². The van der Waals surface area contributed by atoms with Crippen LogP contribution in [0.2, 0.25) is 0 Å². The van der Waals surface area contributed by atoms with Crippen LogP contribution in [-0.4, -0.2) is 4.98 Å². The van der Waals surface area contributed by atoms with Crippen LogP contribution in [-0.2, 0) is 18.3 Å². The number of hydrogen-bond acceptors (Lipinski definition) is 3. The van der Waals surface area contributed by atoms with Crippen molar-refractivity contribution in [1.29, 1.82) is 0 Å². The van der Waals surface area contributed by atoms with Gasteiger partial charge < -0.3 is 5.32 Å². The van der Waals surface area contributed by atoms with Crippen molar-refractivity contribution in [3.63, 3.8) is 0 Å². The summed E-state index contributed by atoms with van der Waals surface area (Å²) in [7, 11) is 0. The summed E-state index contributed by atoms with van der Waals surface area (Å²) in [6.07, 6.45) is -2.64. The number of hydrogen-bond donors (Lipinski definition) is 1. The van der Waals surface area contributed by atoms with E-state index in [2.05, 4.69) is 10.3 Å². The monoisotopic (exact) mass is 300 g/mol. The molecule has 0 saturated carbocycles. The fourth-order valence-corrected chi connectivity index (χ4v) is 2.61. The van der Waals surface area contributed by atoms with E-state index in [-0.39, 0.29) is 12.1 Å². The molecule has 2 aromatic rings. The third-order valence-electron chi connectivity index (χ3n) is 3.01. The van der Waals surface area contributed by atoms with Crippen LogP contribution < -0.4 is 5.32 Å². The largest absolute Gasteiger partial charge is 0.416 e. The van der Waals surface area contributed by atoms with Gasteiger partial charge in [0.2, 0.25) is 0 Å². The van der Waals surface area contributed by atoms with Crippen LogP contribution in [0.15, 0.2) is 35.8 Å². The molecule has 0 amide bonds. The van der Waals surface area contributed by atoms with Crippen molar-refractivity contribution in [3.05, 3.63) is 52.0 Å². The van der Waals surface area contributed by atoms with E-state index in [4.69, 9.17) is 0 Å². The minimum absolute atomic E-state index is 0.141. The van der Waals surface area contributed by atoms with Crippen LogP contribution in [0, 0.1) is 0 Å². The second-order valence-corrected chi connectivity index (χ2v) is 5.87. The molecule has 0 aliphatic heterocycles. The number of nitrogens with zero attached hydrogens (tertiary/aromatic N) is 1. The minimum Gasteiger partial charge on any atom is -0.302 e. The van der Waals surface area contributed by atoms with Gasteiger partial charge in [-0.3, -0.25) is 0 Å². The van der Waals surface area contributed by atoms with Gasteiger partial charge in [0, 0.05) is 18.1 Å². The molecule has 0 spiro atoms. The lowest BCUT2D eigenvalue weighted by molar-refractivity contribution is -0.138. The number of nitrogens with one attached hydrogen (secondary N) is 1. The summed E-state index contributed by atoms with van der Waals surface area (Å²) in [5, 5.41) is 5.84. The Balaban J connectivity index is 2.16. The van der Waals surface area contributed by atoms with E-state index >= 15 is 0 Å². The van der Waals surface area contributed by atoms with E-state index in [0.29, 0.717) is 0 Å². The predicted octanol–water partition coefficient (Wildman–Crippen LogP) is 4.19. The van der Waals surface area contributed by atoms with Crippen molar-refractivity contribution < 1.29 is 13.2 Å². The molecule has 108 valence electrons. The van der Waals surface area contributed by atoms with E-state index < -0.39 is 17.3 Å². The van der Waals surface area contributed by atoms with Gasteiger partial charge in [-0.25, -0.2) is 4.98 Å². The van der Waals surface area contributed by atoms with Crippen LogP contribution in [0.25, 0.3) is 0 Å². The molecule has 0 aliphatic carbocycles. The normalized spacial score (nSPS) is 12.7. The van der Waals surface area contributed by atoms with Crippen molar-refractivity contribution in [2.24, 2.45) is 0 Å². The molecule has 20 heavy (non-hydrogen) atoms. The van der Waals surface area contributed by atoms with Gasteiger partial charge in [-0.1, -0.05) is 18.2 Å². The van der Waals surface area contributed by atoms with Crippen molar-refractivity contribution >= 4 is 11.3 Å². The summed E-state index contributed by atoms with van der Waals surface area (Å²) >= 11 is 1.48. The molecule has 1 aromatic heterocycles. The molecule has 6 heteroatoms. The van der Waals surface area contributed by atoms with Gasteiger partial charge in [0.1, 0.15) is 5.01 Å². The zero-order valence-corrected chi connectivity index (χ0v) is 12.0. The fraction of sp³-hybridized carbons (Fsp3) is 0.357. The average molecular weight is 300 g/mol. The first-order valence-electron chi connectivity index (χ1n) is 6.11. The number of rotatable bonds is 4. The van der Waals surface area contributed by atoms with Crippen molar-refractivity contribution in [3.8, 4) is 0 Å². The molecular formula is C14H15F3N2S. The maximum Gasteiger partial charge on any atom is 0.416 e. The molecule has 1 N–H and O–H groups in total. The highest BCUT2D eigenvalue weighted by molar-refractivity contribution is 7.09. The summed E-state index contributed by atoms with van der Waals surface area (Å²) in [5.74, 6) is 0. The van der Waals surface area contributed by atoms with E-state index in [1.165, 1.54) is 23.5 Å². The number of aromatic nitrogens is 1.